The van der Waals surface area contributed by atoms with Gasteiger partial charge < -0.3 is 14.5 Å². The van der Waals surface area contributed by atoms with Crippen LogP contribution < -0.4 is 10.7 Å². The Balaban J connectivity index is 1.66. The Morgan fingerprint density at radius 3 is 2.86 bits per heavy atom. The number of nitrogens with zero attached hydrogens (tertiary/aromatic N) is 4. The van der Waals surface area contributed by atoms with Gasteiger partial charge in [-0.25, -0.2) is 14.4 Å². The normalized spacial score (nSPS) is 24.0. The lowest BCUT2D eigenvalue weighted by Gasteiger charge is -2.29. The smallest absolute Gasteiger partial charge is 0.137 e. The number of fused-ring (bicyclic) bond motifs is 1. The molecule has 0 atom stereocenters. The largest absolute Gasteiger partial charge is 0.346 e. The van der Waals surface area contributed by atoms with Gasteiger partial charge in [-0.1, -0.05) is 6.08 Å². The minimum absolute atomic E-state index is 0.175. The number of aromatic amines is 1. The van der Waals surface area contributed by atoms with Gasteiger partial charge in [0.2, 0.25) is 0 Å². The number of imidazole rings is 1. The summed E-state index contributed by atoms with van der Waals surface area (Å²) in [6, 6.07) is 2.10. The van der Waals surface area contributed by atoms with Gasteiger partial charge in [-0.05, 0) is 74.7 Å². The third-order valence-corrected chi connectivity index (χ3v) is 6.25. The van der Waals surface area contributed by atoms with Crippen LogP contribution in [-0.4, -0.2) is 45.8 Å². The van der Waals surface area contributed by atoms with E-state index in [1.165, 1.54) is 24.5 Å². The molecule has 0 saturated carbocycles. The summed E-state index contributed by atoms with van der Waals surface area (Å²) in [6.45, 7) is 3.27. The molecule has 1 N–H and O–H groups in total. The van der Waals surface area contributed by atoms with E-state index in [9.17, 15) is 4.39 Å². The van der Waals surface area contributed by atoms with Crippen molar-refractivity contribution in [3.05, 3.63) is 58.9 Å². The molecular weight excluding hydrogens is 365 g/mol. The molecule has 2 aromatic rings. The first kappa shape index (κ1) is 18.3. The second-order valence-electron chi connectivity index (χ2n) is 8.23. The molecule has 2 aliphatic heterocycles. The Labute approximate surface area is 169 Å². The number of allylic oxidation sites excluding steroid dienone is 4. The van der Waals surface area contributed by atoms with Crippen LogP contribution in [0.5, 0.6) is 0 Å². The summed E-state index contributed by atoms with van der Waals surface area (Å²) in [5.41, 5.74) is 3.45. The Morgan fingerprint density at radius 1 is 1.21 bits per heavy atom. The molecule has 5 rings (SSSR count). The number of piperidine rings is 1. The predicted molar refractivity (Wildman–Crippen MR) is 114 cm³/mol. The van der Waals surface area contributed by atoms with E-state index < -0.39 is 0 Å². The molecule has 2 aromatic heterocycles. The van der Waals surface area contributed by atoms with Gasteiger partial charge in [0.15, 0.2) is 0 Å². The van der Waals surface area contributed by atoms with E-state index in [1.54, 1.807) is 6.08 Å². The first-order valence-corrected chi connectivity index (χ1v) is 10.4. The molecule has 5 nitrogen and oxygen atoms in total. The van der Waals surface area contributed by atoms with E-state index in [2.05, 4.69) is 32.6 Å². The maximum Gasteiger partial charge on any atom is 0.137 e. The molecular formula is C23H26FN5. The van der Waals surface area contributed by atoms with Crippen LogP contribution in [0.15, 0.2) is 47.6 Å². The lowest BCUT2D eigenvalue weighted by molar-refractivity contribution is 0.204. The van der Waals surface area contributed by atoms with E-state index in [1.807, 2.05) is 24.8 Å². The molecule has 4 heterocycles. The van der Waals surface area contributed by atoms with Gasteiger partial charge >= 0.3 is 0 Å². The summed E-state index contributed by atoms with van der Waals surface area (Å²) in [4.78, 5) is 14.9. The lowest BCUT2D eigenvalue weighted by atomic mass is 9.96. The number of likely N-dealkylation sites (tertiary alicyclic amines) is 1. The number of aromatic nitrogens is 3. The van der Waals surface area contributed by atoms with Crippen molar-refractivity contribution in [3.63, 3.8) is 0 Å². The molecule has 1 aliphatic carbocycles. The quantitative estimate of drug-likeness (QED) is 0.856. The predicted octanol–water partition coefficient (Wildman–Crippen LogP) is 2.82. The van der Waals surface area contributed by atoms with E-state index in [0.717, 1.165) is 53.7 Å². The summed E-state index contributed by atoms with van der Waals surface area (Å²) in [5, 5.41) is 2.13. The number of H-pyrrole nitrogens is 1. The average molecular weight is 391 g/mol. The molecule has 0 spiro atoms. The molecule has 0 amide bonds. The fourth-order valence-electron chi connectivity index (χ4n) is 4.57. The summed E-state index contributed by atoms with van der Waals surface area (Å²) in [5.74, 6) is 1.38. The molecule has 0 bridgehead atoms. The SMILES string of the molecule is CN1CCC(Cn2cnc(=C3C=CC(F)=CC3)c2=C2CC=Nc3[nH]ccc32)CC1. The standard InChI is InChI=1S/C23H26FN5/c1-28-12-8-16(9-13-28)14-29-15-27-21(17-2-4-18(24)5-3-17)22(29)19-6-10-25-23-20(19)7-11-26-23/h2,4-5,7,10-11,15-16,26H,3,6,8-9,12-14H2,1H3. The third kappa shape index (κ3) is 3.53. The number of rotatable bonds is 2. The maximum absolute atomic E-state index is 13.5. The van der Waals surface area contributed by atoms with Crippen molar-refractivity contribution in [2.45, 2.75) is 32.2 Å². The molecule has 0 radical (unpaired) electrons. The zero-order valence-electron chi connectivity index (χ0n) is 16.7. The molecule has 29 heavy (non-hydrogen) atoms. The summed E-state index contributed by atoms with van der Waals surface area (Å²) in [7, 11) is 2.19. The van der Waals surface area contributed by atoms with Crippen LogP contribution in [0.1, 0.15) is 31.2 Å². The third-order valence-electron chi connectivity index (χ3n) is 6.25. The zero-order chi connectivity index (χ0) is 19.8. The number of halogens is 1. The van der Waals surface area contributed by atoms with Gasteiger partial charge in [-0.3, -0.25) is 0 Å². The van der Waals surface area contributed by atoms with E-state index in [0.29, 0.717) is 12.3 Å². The number of hydrogen-bond donors (Lipinski definition) is 1. The zero-order valence-corrected chi connectivity index (χ0v) is 16.7. The van der Waals surface area contributed by atoms with E-state index in [-0.39, 0.29) is 5.83 Å². The molecule has 0 unspecified atom stereocenters. The molecule has 0 aromatic carbocycles. The highest BCUT2D eigenvalue weighted by Crippen LogP contribution is 2.28. The van der Waals surface area contributed by atoms with Crippen LogP contribution >= 0.6 is 0 Å². The van der Waals surface area contributed by atoms with Gasteiger partial charge in [0.05, 0.1) is 17.0 Å². The number of aliphatic imine (C=N–C) groups is 1. The Morgan fingerprint density at radius 2 is 2.07 bits per heavy atom. The lowest BCUT2D eigenvalue weighted by Crippen LogP contribution is -2.38. The summed E-state index contributed by atoms with van der Waals surface area (Å²) >= 11 is 0. The van der Waals surface area contributed by atoms with Crippen molar-refractivity contribution in [1.29, 1.82) is 0 Å². The van der Waals surface area contributed by atoms with Crippen molar-refractivity contribution in [2.24, 2.45) is 10.9 Å². The van der Waals surface area contributed by atoms with Gasteiger partial charge in [-0.2, -0.15) is 0 Å². The topological polar surface area (TPSA) is 49.2 Å². The highest BCUT2D eigenvalue weighted by atomic mass is 19.1. The Hall–Kier alpha value is -2.73. The molecule has 6 heteroatoms. The Kier molecular flexibility index (Phi) is 4.79. The van der Waals surface area contributed by atoms with Crippen LogP contribution in [0, 0.1) is 5.92 Å². The monoisotopic (exact) mass is 391 g/mol. The van der Waals surface area contributed by atoms with Crippen molar-refractivity contribution in [3.8, 4) is 0 Å². The summed E-state index contributed by atoms with van der Waals surface area (Å²) < 4.78 is 15.9. The first-order valence-electron chi connectivity index (χ1n) is 10.4. The van der Waals surface area contributed by atoms with Crippen LogP contribution in [0.3, 0.4) is 0 Å². The second-order valence-corrected chi connectivity index (χ2v) is 8.23. The van der Waals surface area contributed by atoms with Gasteiger partial charge in [0.25, 0.3) is 0 Å². The average Bonchev–Trinajstić information content (AvgIpc) is 3.37. The highest BCUT2D eigenvalue weighted by molar-refractivity contribution is 5.88. The summed E-state index contributed by atoms with van der Waals surface area (Å²) in [6.07, 6.45) is 14.7. The Bertz CT molecular complexity index is 1120. The van der Waals surface area contributed by atoms with Crippen molar-refractivity contribution >= 4 is 23.2 Å². The molecule has 3 aliphatic rings. The van der Waals surface area contributed by atoms with E-state index >= 15 is 0 Å². The number of nitrogens with one attached hydrogen (secondary N) is 1. The van der Waals surface area contributed by atoms with Crippen molar-refractivity contribution < 1.29 is 4.39 Å². The van der Waals surface area contributed by atoms with Crippen molar-refractivity contribution in [2.75, 3.05) is 20.1 Å². The highest BCUT2D eigenvalue weighted by Gasteiger charge is 2.20. The first-order chi connectivity index (χ1) is 14.2. The van der Waals surface area contributed by atoms with Crippen LogP contribution in [0.25, 0.3) is 11.1 Å². The molecule has 150 valence electrons. The van der Waals surface area contributed by atoms with Crippen LogP contribution in [0.4, 0.5) is 10.2 Å². The van der Waals surface area contributed by atoms with Gasteiger partial charge in [-0.15, -0.1) is 0 Å². The molecule has 1 fully saturated rings. The van der Waals surface area contributed by atoms with E-state index in [4.69, 9.17) is 4.98 Å². The maximum atomic E-state index is 13.5. The van der Waals surface area contributed by atoms with Crippen molar-refractivity contribution in [1.82, 2.24) is 19.4 Å². The minimum Gasteiger partial charge on any atom is -0.346 e. The fraction of sp³-hybridized carbons (Fsp3) is 0.391. The van der Waals surface area contributed by atoms with Crippen LogP contribution in [-0.2, 0) is 6.54 Å². The number of hydrogen-bond acceptors (Lipinski definition) is 3. The second kappa shape index (κ2) is 7.59. The minimum atomic E-state index is -0.175. The van der Waals surface area contributed by atoms with Gasteiger partial charge in [0, 0.05) is 30.9 Å². The molecule has 1 saturated heterocycles. The van der Waals surface area contributed by atoms with Crippen LogP contribution in [0.2, 0.25) is 0 Å². The van der Waals surface area contributed by atoms with Gasteiger partial charge in [0.1, 0.15) is 11.6 Å². The fourth-order valence-corrected chi connectivity index (χ4v) is 4.57.